The molecule has 3 aromatic carbocycles. The van der Waals surface area contributed by atoms with Crippen LogP contribution < -0.4 is 14.8 Å². The molecule has 9 nitrogen and oxygen atoms in total. The number of benzene rings is 3. The van der Waals surface area contributed by atoms with Gasteiger partial charge in [-0.1, -0.05) is 48.0 Å². The number of piperazine rings is 1. The predicted molar refractivity (Wildman–Crippen MR) is 203 cm³/mol. The fraction of sp³-hybridized carbons (Fsp3) is 0.452. The molecule has 2 amide bonds. The maximum absolute atomic E-state index is 14.8. The standard InChI is InChI=1S/C42H50ClN3O6/c1-26-8-6-7-9-30(26)23-46(32-12-13-32)40(48)39-34(22-31-24-45(25-36(39)44-31)38(47)16-17-42(4,5)41(49)50)29-10-14-33(15-11-29)51-18-19-52-37-21-28(3)27(2)20-35(37)43/h6-11,14-15,20-21,31-32,36,44H,12-13,16-19,22-25H2,1-5H3,(H,49,50)/t31-,36-/m1/s1. The summed E-state index contributed by atoms with van der Waals surface area (Å²) in [6.07, 6.45) is 2.91. The lowest BCUT2D eigenvalue weighted by Gasteiger charge is -2.45. The van der Waals surface area contributed by atoms with Crippen LogP contribution in [0.4, 0.5) is 0 Å². The number of hydrogen-bond acceptors (Lipinski definition) is 6. The van der Waals surface area contributed by atoms with Gasteiger partial charge in [0, 0.05) is 43.7 Å². The molecule has 1 aliphatic carbocycles. The summed E-state index contributed by atoms with van der Waals surface area (Å²) >= 11 is 6.37. The first-order valence-electron chi connectivity index (χ1n) is 18.3. The molecule has 0 radical (unpaired) electrons. The highest BCUT2D eigenvalue weighted by atomic mass is 35.5. The van der Waals surface area contributed by atoms with E-state index >= 15 is 0 Å². The Morgan fingerprint density at radius 1 is 0.942 bits per heavy atom. The second kappa shape index (κ2) is 15.7. The van der Waals surface area contributed by atoms with Crippen LogP contribution in [0.25, 0.3) is 5.57 Å². The van der Waals surface area contributed by atoms with E-state index < -0.39 is 11.4 Å². The van der Waals surface area contributed by atoms with Crippen LogP contribution >= 0.6 is 11.6 Å². The summed E-state index contributed by atoms with van der Waals surface area (Å²) in [5, 5.41) is 13.8. The minimum absolute atomic E-state index is 0.000455. The number of carbonyl (C=O) groups is 3. The maximum atomic E-state index is 14.8. The van der Waals surface area contributed by atoms with Crippen molar-refractivity contribution in [3.8, 4) is 11.5 Å². The van der Waals surface area contributed by atoms with Crippen molar-refractivity contribution in [3.05, 3.63) is 99.1 Å². The fourth-order valence-corrected chi connectivity index (χ4v) is 7.34. The van der Waals surface area contributed by atoms with Crippen molar-refractivity contribution >= 4 is 35.0 Å². The van der Waals surface area contributed by atoms with E-state index in [1.807, 2.05) is 72.2 Å². The molecule has 2 aliphatic heterocycles. The van der Waals surface area contributed by atoms with E-state index in [9.17, 15) is 19.5 Å². The minimum atomic E-state index is -0.995. The van der Waals surface area contributed by atoms with E-state index in [4.69, 9.17) is 21.1 Å². The van der Waals surface area contributed by atoms with Gasteiger partial charge in [0.25, 0.3) is 5.91 Å². The number of fused-ring (bicyclic) bond motifs is 2. The van der Waals surface area contributed by atoms with E-state index in [1.165, 1.54) is 0 Å². The number of aliphatic carboxylic acids is 1. The van der Waals surface area contributed by atoms with Crippen molar-refractivity contribution < 1.29 is 29.0 Å². The third kappa shape index (κ3) is 8.64. The Morgan fingerprint density at radius 3 is 2.33 bits per heavy atom. The molecule has 1 saturated heterocycles. The van der Waals surface area contributed by atoms with Crippen LogP contribution in [-0.2, 0) is 20.9 Å². The van der Waals surface area contributed by atoms with Crippen molar-refractivity contribution in [2.24, 2.45) is 5.41 Å². The second-order valence-corrected chi connectivity index (χ2v) is 15.6. The minimum Gasteiger partial charge on any atom is -0.490 e. The molecule has 6 rings (SSSR count). The third-order valence-electron chi connectivity index (χ3n) is 10.7. The summed E-state index contributed by atoms with van der Waals surface area (Å²) in [6, 6.07) is 19.7. The summed E-state index contributed by atoms with van der Waals surface area (Å²) < 4.78 is 11.9. The number of hydrogen-bond donors (Lipinski definition) is 2. The smallest absolute Gasteiger partial charge is 0.309 e. The number of aryl methyl sites for hydroxylation is 3. The Morgan fingerprint density at radius 2 is 1.63 bits per heavy atom. The summed E-state index contributed by atoms with van der Waals surface area (Å²) in [6.45, 7) is 11.5. The first kappa shape index (κ1) is 37.4. The van der Waals surface area contributed by atoms with Crippen LogP contribution in [0.2, 0.25) is 5.02 Å². The molecule has 2 bridgehead atoms. The number of carbonyl (C=O) groups excluding carboxylic acids is 2. The van der Waals surface area contributed by atoms with Gasteiger partial charge < -0.3 is 29.7 Å². The monoisotopic (exact) mass is 727 g/mol. The molecule has 0 spiro atoms. The van der Waals surface area contributed by atoms with Crippen LogP contribution in [0, 0.1) is 26.2 Å². The van der Waals surface area contributed by atoms with E-state index in [1.54, 1.807) is 13.8 Å². The van der Waals surface area contributed by atoms with Gasteiger partial charge >= 0.3 is 5.97 Å². The SMILES string of the molecule is Cc1cc(Cl)c(OCCOc2ccc(C3=C(C(=O)N(Cc4ccccc4C)C4CC4)[C@H]4CN(C(=O)CCC(C)(C)C(=O)O)C[C@@H](C3)N4)cc2)cc1C. The summed E-state index contributed by atoms with van der Waals surface area (Å²) in [4.78, 5) is 43.9. The van der Waals surface area contributed by atoms with Crippen molar-refractivity contribution in [1.29, 1.82) is 0 Å². The Hall–Kier alpha value is -4.34. The van der Waals surface area contributed by atoms with Gasteiger partial charge in [0.15, 0.2) is 0 Å². The van der Waals surface area contributed by atoms with E-state index in [0.29, 0.717) is 61.4 Å². The average molecular weight is 728 g/mol. The number of carboxylic acid groups (broad SMARTS) is 1. The lowest BCUT2D eigenvalue weighted by molar-refractivity contribution is -0.148. The Kier molecular flexibility index (Phi) is 11.3. The number of nitrogens with zero attached hydrogens (tertiary/aromatic N) is 2. The quantitative estimate of drug-likeness (QED) is 0.170. The van der Waals surface area contributed by atoms with Crippen LogP contribution in [0.3, 0.4) is 0 Å². The largest absolute Gasteiger partial charge is 0.490 e. The van der Waals surface area contributed by atoms with Gasteiger partial charge in [0.2, 0.25) is 5.91 Å². The van der Waals surface area contributed by atoms with Crippen molar-refractivity contribution in [2.75, 3.05) is 26.3 Å². The molecule has 276 valence electrons. The van der Waals surface area contributed by atoms with Gasteiger partial charge in [0.1, 0.15) is 24.7 Å². The number of carboxylic acids is 1. The maximum Gasteiger partial charge on any atom is 0.309 e. The van der Waals surface area contributed by atoms with Crippen LogP contribution in [-0.4, -0.2) is 77.1 Å². The molecule has 3 aliphatic rings. The molecule has 2 heterocycles. The Balaban J connectivity index is 1.23. The van der Waals surface area contributed by atoms with Gasteiger partial charge in [-0.25, -0.2) is 0 Å². The van der Waals surface area contributed by atoms with E-state index in [-0.39, 0.29) is 42.8 Å². The highest BCUT2D eigenvalue weighted by molar-refractivity contribution is 6.32. The van der Waals surface area contributed by atoms with Crippen molar-refractivity contribution in [3.63, 3.8) is 0 Å². The molecular weight excluding hydrogens is 678 g/mol. The van der Waals surface area contributed by atoms with E-state index in [2.05, 4.69) is 24.4 Å². The van der Waals surface area contributed by atoms with Crippen LogP contribution in [0.5, 0.6) is 11.5 Å². The number of amides is 2. The fourth-order valence-electron chi connectivity index (χ4n) is 7.06. The third-order valence-corrected chi connectivity index (χ3v) is 11.0. The Bertz CT molecular complexity index is 1850. The highest BCUT2D eigenvalue weighted by Crippen LogP contribution is 2.38. The summed E-state index contributed by atoms with van der Waals surface area (Å²) in [7, 11) is 0. The molecule has 3 aromatic rings. The zero-order valence-corrected chi connectivity index (χ0v) is 31.6. The lowest BCUT2D eigenvalue weighted by Crippen LogP contribution is -2.62. The number of nitrogens with one attached hydrogen (secondary N) is 1. The number of rotatable bonds is 14. The van der Waals surface area contributed by atoms with Crippen molar-refractivity contribution in [1.82, 2.24) is 15.1 Å². The van der Waals surface area contributed by atoms with Crippen LogP contribution in [0.15, 0.2) is 66.2 Å². The van der Waals surface area contributed by atoms with Gasteiger partial charge in [-0.2, -0.15) is 0 Å². The molecule has 0 aromatic heterocycles. The lowest BCUT2D eigenvalue weighted by atomic mass is 9.82. The second-order valence-electron chi connectivity index (χ2n) is 15.2. The highest BCUT2D eigenvalue weighted by Gasteiger charge is 2.43. The van der Waals surface area contributed by atoms with E-state index in [0.717, 1.165) is 46.2 Å². The molecular formula is C42H50ClN3O6. The van der Waals surface area contributed by atoms with Gasteiger partial charge in [-0.05, 0) is 118 Å². The summed E-state index contributed by atoms with van der Waals surface area (Å²) in [5.74, 6) is 0.335. The molecule has 0 unspecified atom stereocenters. The summed E-state index contributed by atoms with van der Waals surface area (Å²) in [5.41, 5.74) is 6.15. The molecule has 1 saturated carbocycles. The average Bonchev–Trinajstić information content (AvgIpc) is 3.96. The molecule has 2 atom stereocenters. The Labute approximate surface area is 311 Å². The number of ether oxygens (including phenoxy) is 2. The normalized spacial score (nSPS) is 18.6. The first-order valence-corrected chi connectivity index (χ1v) is 18.7. The molecule has 2 N–H and O–H groups in total. The van der Waals surface area contributed by atoms with Crippen LogP contribution in [0.1, 0.15) is 73.8 Å². The molecule has 2 fully saturated rings. The van der Waals surface area contributed by atoms with Gasteiger partial charge in [0.05, 0.1) is 16.5 Å². The van der Waals surface area contributed by atoms with Gasteiger partial charge in [-0.15, -0.1) is 0 Å². The first-order chi connectivity index (χ1) is 24.8. The molecule has 10 heteroatoms. The topological polar surface area (TPSA) is 108 Å². The molecule has 52 heavy (non-hydrogen) atoms. The van der Waals surface area contributed by atoms with Gasteiger partial charge in [-0.3, -0.25) is 14.4 Å². The predicted octanol–water partition coefficient (Wildman–Crippen LogP) is 7.13. The number of halogens is 1. The zero-order chi connectivity index (χ0) is 37.2. The zero-order valence-electron chi connectivity index (χ0n) is 30.8. The van der Waals surface area contributed by atoms with Crippen molar-refractivity contribution in [2.45, 2.75) is 91.4 Å².